The van der Waals surface area contributed by atoms with E-state index in [1.807, 2.05) is 0 Å². The molecule has 1 saturated carbocycles. The van der Waals surface area contributed by atoms with Crippen LogP contribution in [-0.2, 0) is 9.84 Å². The fraction of sp³-hybridized carbons (Fsp3) is 0.917. The van der Waals surface area contributed by atoms with E-state index in [1.54, 1.807) is 0 Å². The maximum Gasteiger partial charge on any atom is 0.191 e. The van der Waals surface area contributed by atoms with Gasteiger partial charge >= 0.3 is 0 Å². The number of rotatable bonds is 3. The zero-order chi connectivity index (χ0) is 13.2. The summed E-state index contributed by atoms with van der Waals surface area (Å²) in [7, 11) is -3.01. The molecule has 0 aromatic rings. The molecule has 2 N–H and O–H groups in total. The van der Waals surface area contributed by atoms with Crippen molar-refractivity contribution in [1.82, 2.24) is 4.90 Å². The zero-order valence-electron chi connectivity index (χ0n) is 11.5. The van der Waals surface area contributed by atoms with Crippen LogP contribution < -0.4 is 5.73 Å². The molecule has 0 spiro atoms. The van der Waals surface area contributed by atoms with Crippen LogP contribution in [0.4, 0.5) is 0 Å². The lowest BCUT2D eigenvalue weighted by atomic mass is 10.2. The molecule has 0 aromatic carbocycles. The summed E-state index contributed by atoms with van der Waals surface area (Å²) in [4.78, 5) is 6.42. The molecular formula is C12H24IN3O2S. The van der Waals surface area contributed by atoms with Gasteiger partial charge in [-0.15, -0.1) is 24.0 Å². The van der Waals surface area contributed by atoms with Gasteiger partial charge in [-0.05, 0) is 25.7 Å². The van der Waals surface area contributed by atoms with Gasteiger partial charge in [0, 0.05) is 19.3 Å². The Balaban J connectivity index is 0.00000180. The second-order valence-corrected chi connectivity index (χ2v) is 7.94. The largest absolute Gasteiger partial charge is 0.370 e. The summed E-state index contributed by atoms with van der Waals surface area (Å²) in [6.45, 7) is 2.22. The quantitative estimate of drug-likeness (QED) is 0.441. The predicted octanol–water partition coefficient (Wildman–Crippen LogP) is 1.37. The summed E-state index contributed by atoms with van der Waals surface area (Å²) in [5.74, 6) is 0.520. The van der Waals surface area contributed by atoms with Crippen LogP contribution in [0.5, 0.6) is 0 Å². The van der Waals surface area contributed by atoms with Crippen LogP contribution in [0.2, 0.25) is 0 Å². The third kappa shape index (κ3) is 4.21. The molecule has 2 rings (SSSR count). The summed E-state index contributed by atoms with van der Waals surface area (Å²) in [6.07, 6.45) is 7.54. The van der Waals surface area contributed by atoms with Crippen molar-refractivity contribution in [3.8, 4) is 0 Å². The molecule has 0 unspecified atom stereocenters. The van der Waals surface area contributed by atoms with Crippen molar-refractivity contribution in [1.29, 1.82) is 0 Å². The van der Waals surface area contributed by atoms with Crippen LogP contribution in [0.1, 0.15) is 38.5 Å². The topological polar surface area (TPSA) is 75.8 Å². The first-order valence-electron chi connectivity index (χ1n) is 6.69. The molecule has 112 valence electrons. The fourth-order valence-electron chi connectivity index (χ4n) is 2.41. The second-order valence-electron chi connectivity index (χ2n) is 5.53. The van der Waals surface area contributed by atoms with Gasteiger partial charge in [0.25, 0.3) is 0 Å². The van der Waals surface area contributed by atoms with Crippen LogP contribution >= 0.6 is 24.0 Å². The van der Waals surface area contributed by atoms with Gasteiger partial charge in [0.1, 0.15) is 0 Å². The van der Waals surface area contributed by atoms with Crippen molar-refractivity contribution in [3.63, 3.8) is 0 Å². The molecule has 0 radical (unpaired) electrons. The Kier molecular flexibility index (Phi) is 5.91. The molecule has 1 aliphatic heterocycles. The lowest BCUT2D eigenvalue weighted by molar-refractivity contribution is 0.428. The number of sulfone groups is 1. The van der Waals surface area contributed by atoms with Crippen molar-refractivity contribution in [2.45, 2.75) is 43.3 Å². The van der Waals surface area contributed by atoms with E-state index in [1.165, 1.54) is 19.1 Å². The third-order valence-corrected chi connectivity index (χ3v) is 6.16. The van der Waals surface area contributed by atoms with Gasteiger partial charge in [0.2, 0.25) is 0 Å². The summed E-state index contributed by atoms with van der Waals surface area (Å²) < 4.78 is 22.7. The number of hydrogen-bond donors (Lipinski definition) is 1. The van der Waals surface area contributed by atoms with Crippen molar-refractivity contribution in [2.75, 3.05) is 25.9 Å². The first-order chi connectivity index (χ1) is 8.45. The van der Waals surface area contributed by atoms with Gasteiger partial charge in [0.05, 0.1) is 11.3 Å². The highest BCUT2D eigenvalue weighted by atomic mass is 127. The average Bonchev–Trinajstić information content (AvgIpc) is 3.10. The van der Waals surface area contributed by atoms with Crippen LogP contribution in [-0.4, -0.2) is 49.9 Å². The molecule has 2 fully saturated rings. The van der Waals surface area contributed by atoms with Crippen LogP contribution in [0.15, 0.2) is 4.99 Å². The van der Waals surface area contributed by atoms with Crippen molar-refractivity contribution < 1.29 is 8.42 Å². The minimum Gasteiger partial charge on any atom is -0.370 e. The van der Waals surface area contributed by atoms with E-state index < -0.39 is 14.6 Å². The second kappa shape index (κ2) is 6.60. The van der Waals surface area contributed by atoms with Crippen molar-refractivity contribution in [3.05, 3.63) is 0 Å². The molecule has 0 amide bonds. The average molecular weight is 401 g/mol. The lowest BCUT2D eigenvalue weighted by Gasteiger charge is -2.21. The molecule has 2 aliphatic rings. The Bertz CT molecular complexity index is 424. The number of likely N-dealkylation sites (tertiary alicyclic amines) is 1. The summed E-state index contributed by atoms with van der Waals surface area (Å²) in [6, 6.07) is 0. The van der Waals surface area contributed by atoms with Gasteiger partial charge < -0.3 is 10.6 Å². The minimum atomic E-state index is -3.01. The van der Waals surface area contributed by atoms with E-state index in [2.05, 4.69) is 9.89 Å². The number of hydrogen-bond acceptors (Lipinski definition) is 3. The smallest absolute Gasteiger partial charge is 0.191 e. The van der Waals surface area contributed by atoms with E-state index in [0.29, 0.717) is 12.5 Å². The van der Waals surface area contributed by atoms with Crippen LogP contribution in [0.3, 0.4) is 0 Å². The molecule has 0 aromatic heterocycles. The standard InChI is InChI=1S/C12H23N3O2S.HI/c1-18(16,17)12(6-7-12)10-14-11(13)15-8-4-2-3-5-9-15;/h2-10H2,1H3,(H2,13,14);1H. The van der Waals surface area contributed by atoms with Crippen molar-refractivity contribution in [2.24, 2.45) is 10.7 Å². The molecule has 5 nitrogen and oxygen atoms in total. The molecule has 1 heterocycles. The number of nitrogens with zero attached hydrogens (tertiary/aromatic N) is 2. The number of guanidine groups is 1. The van der Waals surface area contributed by atoms with Crippen LogP contribution in [0.25, 0.3) is 0 Å². The predicted molar refractivity (Wildman–Crippen MR) is 88.8 cm³/mol. The fourth-order valence-corrected chi connectivity index (χ4v) is 3.55. The molecule has 0 bridgehead atoms. The maximum atomic E-state index is 11.6. The Morgan fingerprint density at radius 1 is 1.21 bits per heavy atom. The van der Waals surface area contributed by atoms with Gasteiger partial charge in [-0.1, -0.05) is 12.8 Å². The van der Waals surface area contributed by atoms with Gasteiger partial charge in [-0.3, -0.25) is 4.99 Å². The van der Waals surface area contributed by atoms with E-state index in [4.69, 9.17) is 5.73 Å². The number of halogens is 1. The Morgan fingerprint density at radius 3 is 2.16 bits per heavy atom. The Morgan fingerprint density at radius 2 is 1.74 bits per heavy atom. The van der Waals surface area contributed by atoms with Crippen molar-refractivity contribution >= 4 is 39.8 Å². The summed E-state index contributed by atoms with van der Waals surface area (Å²) >= 11 is 0. The first kappa shape index (κ1) is 17.0. The lowest BCUT2D eigenvalue weighted by Crippen LogP contribution is -2.39. The molecule has 0 atom stereocenters. The van der Waals surface area contributed by atoms with Gasteiger partial charge in [0.15, 0.2) is 15.8 Å². The maximum absolute atomic E-state index is 11.6. The molecular weight excluding hydrogens is 377 g/mol. The molecule has 7 heteroatoms. The summed E-state index contributed by atoms with van der Waals surface area (Å²) in [5.41, 5.74) is 5.98. The Hall–Kier alpha value is -0.0500. The normalized spacial score (nSPS) is 23.4. The van der Waals surface area contributed by atoms with E-state index in [-0.39, 0.29) is 24.0 Å². The highest BCUT2D eigenvalue weighted by molar-refractivity contribution is 14.0. The Labute approximate surface area is 133 Å². The van der Waals surface area contributed by atoms with Gasteiger partial charge in [-0.2, -0.15) is 0 Å². The third-order valence-electron chi connectivity index (χ3n) is 4.05. The SMILES string of the molecule is CS(=O)(=O)C1(CN=C(N)N2CCCCCC2)CC1.I. The highest BCUT2D eigenvalue weighted by Crippen LogP contribution is 2.43. The first-order valence-corrected chi connectivity index (χ1v) is 8.58. The zero-order valence-corrected chi connectivity index (χ0v) is 14.6. The summed E-state index contributed by atoms with van der Waals surface area (Å²) in [5, 5.41) is 0. The minimum absolute atomic E-state index is 0. The van der Waals surface area contributed by atoms with E-state index in [0.717, 1.165) is 38.8 Å². The van der Waals surface area contributed by atoms with E-state index >= 15 is 0 Å². The monoisotopic (exact) mass is 401 g/mol. The molecule has 19 heavy (non-hydrogen) atoms. The molecule has 1 aliphatic carbocycles. The highest BCUT2D eigenvalue weighted by Gasteiger charge is 2.52. The number of aliphatic imine (C=N–C) groups is 1. The van der Waals surface area contributed by atoms with E-state index in [9.17, 15) is 8.42 Å². The van der Waals surface area contributed by atoms with Crippen LogP contribution in [0, 0.1) is 0 Å². The van der Waals surface area contributed by atoms with Gasteiger partial charge in [-0.25, -0.2) is 8.42 Å². The molecule has 1 saturated heterocycles. The number of nitrogens with two attached hydrogens (primary N) is 1.